The van der Waals surface area contributed by atoms with Crippen LogP contribution in [0.3, 0.4) is 0 Å². The minimum absolute atomic E-state index is 0.363. The lowest BCUT2D eigenvalue weighted by Gasteiger charge is -2.12. The SMILES string of the molecule is Cc1ccc(NCc2ccc(Br)c(Br)c2)c(C)c1O. The zero-order valence-corrected chi connectivity index (χ0v) is 14.0. The number of phenols is 1. The van der Waals surface area contributed by atoms with Crippen LogP contribution in [-0.2, 0) is 6.54 Å². The highest BCUT2D eigenvalue weighted by molar-refractivity contribution is 9.13. The fraction of sp³-hybridized carbons (Fsp3) is 0.200. The van der Waals surface area contributed by atoms with Crippen molar-refractivity contribution in [2.24, 2.45) is 0 Å². The van der Waals surface area contributed by atoms with Gasteiger partial charge >= 0.3 is 0 Å². The summed E-state index contributed by atoms with van der Waals surface area (Å²) >= 11 is 6.95. The van der Waals surface area contributed by atoms with Crippen molar-refractivity contribution in [2.75, 3.05) is 5.32 Å². The van der Waals surface area contributed by atoms with E-state index in [-0.39, 0.29) is 0 Å². The minimum atomic E-state index is 0.363. The molecule has 0 heterocycles. The number of aromatic hydroxyl groups is 1. The number of rotatable bonds is 3. The van der Waals surface area contributed by atoms with Crippen LogP contribution < -0.4 is 5.32 Å². The third kappa shape index (κ3) is 3.31. The molecule has 0 saturated carbocycles. The number of nitrogens with one attached hydrogen (secondary N) is 1. The zero-order valence-electron chi connectivity index (χ0n) is 10.8. The lowest BCUT2D eigenvalue weighted by Crippen LogP contribution is -2.01. The van der Waals surface area contributed by atoms with Crippen molar-refractivity contribution in [1.82, 2.24) is 0 Å². The summed E-state index contributed by atoms with van der Waals surface area (Å²) in [5.41, 5.74) is 3.92. The first-order valence-electron chi connectivity index (χ1n) is 5.96. The van der Waals surface area contributed by atoms with E-state index in [0.29, 0.717) is 5.75 Å². The van der Waals surface area contributed by atoms with E-state index in [9.17, 15) is 5.11 Å². The van der Waals surface area contributed by atoms with E-state index >= 15 is 0 Å². The lowest BCUT2D eigenvalue weighted by atomic mass is 10.1. The first-order valence-corrected chi connectivity index (χ1v) is 7.54. The van der Waals surface area contributed by atoms with Gasteiger partial charge in [0.05, 0.1) is 0 Å². The smallest absolute Gasteiger partial charge is 0.123 e. The standard InChI is InChI=1S/C15H15Br2NO/c1-9-3-6-14(10(2)15(9)19)18-8-11-4-5-12(16)13(17)7-11/h3-7,18-19H,8H2,1-2H3. The Labute approximate surface area is 130 Å². The average molecular weight is 385 g/mol. The molecule has 0 atom stereocenters. The van der Waals surface area contributed by atoms with Gasteiger partial charge in [0.2, 0.25) is 0 Å². The van der Waals surface area contributed by atoms with E-state index in [4.69, 9.17) is 0 Å². The van der Waals surface area contributed by atoms with Crippen LogP contribution in [0, 0.1) is 13.8 Å². The van der Waals surface area contributed by atoms with E-state index in [1.54, 1.807) is 0 Å². The Morgan fingerprint density at radius 2 is 1.79 bits per heavy atom. The number of hydrogen-bond donors (Lipinski definition) is 2. The summed E-state index contributed by atoms with van der Waals surface area (Å²) in [6.45, 7) is 4.54. The Morgan fingerprint density at radius 3 is 2.47 bits per heavy atom. The van der Waals surface area contributed by atoms with Crippen molar-refractivity contribution in [3.63, 3.8) is 0 Å². The lowest BCUT2D eigenvalue weighted by molar-refractivity contribution is 0.467. The maximum absolute atomic E-state index is 9.91. The summed E-state index contributed by atoms with van der Waals surface area (Å²) in [6, 6.07) is 10.1. The van der Waals surface area contributed by atoms with Crippen molar-refractivity contribution < 1.29 is 5.11 Å². The molecule has 2 rings (SSSR count). The Hall–Kier alpha value is -1.000. The topological polar surface area (TPSA) is 32.3 Å². The summed E-state index contributed by atoms with van der Waals surface area (Å²) in [6.07, 6.45) is 0. The van der Waals surface area contributed by atoms with Crippen molar-refractivity contribution in [1.29, 1.82) is 0 Å². The number of halogens is 2. The van der Waals surface area contributed by atoms with Gasteiger partial charge in [0.25, 0.3) is 0 Å². The molecular formula is C15H15Br2NO. The number of hydrogen-bond acceptors (Lipinski definition) is 2. The van der Waals surface area contributed by atoms with Gasteiger partial charge in [-0.1, -0.05) is 12.1 Å². The van der Waals surface area contributed by atoms with Crippen molar-refractivity contribution in [3.05, 3.63) is 56.0 Å². The van der Waals surface area contributed by atoms with Gasteiger partial charge < -0.3 is 10.4 Å². The van der Waals surface area contributed by atoms with Gasteiger partial charge in [0.15, 0.2) is 0 Å². The molecule has 0 aliphatic rings. The summed E-state index contributed by atoms with van der Waals surface area (Å²) in [5.74, 6) is 0.363. The van der Waals surface area contributed by atoms with Gasteiger partial charge in [-0.3, -0.25) is 0 Å². The Kier molecular flexibility index (Phi) is 4.53. The normalized spacial score (nSPS) is 10.5. The molecule has 2 nitrogen and oxygen atoms in total. The second-order valence-electron chi connectivity index (χ2n) is 4.51. The zero-order chi connectivity index (χ0) is 14.0. The summed E-state index contributed by atoms with van der Waals surface area (Å²) in [5, 5.41) is 13.3. The predicted octanol–water partition coefficient (Wildman–Crippen LogP) is 5.15. The van der Waals surface area contributed by atoms with Crippen molar-refractivity contribution >= 4 is 37.5 Å². The number of benzene rings is 2. The molecule has 0 unspecified atom stereocenters. The van der Waals surface area contributed by atoms with Crippen LogP contribution in [0.5, 0.6) is 5.75 Å². The van der Waals surface area contributed by atoms with Crippen molar-refractivity contribution in [2.45, 2.75) is 20.4 Å². The maximum Gasteiger partial charge on any atom is 0.123 e. The molecule has 2 aromatic rings. The van der Waals surface area contributed by atoms with Crippen LogP contribution in [-0.4, -0.2) is 5.11 Å². The van der Waals surface area contributed by atoms with E-state index in [1.807, 2.05) is 32.0 Å². The second-order valence-corrected chi connectivity index (χ2v) is 6.21. The van der Waals surface area contributed by atoms with Gasteiger partial charge in [0, 0.05) is 26.7 Å². The fourth-order valence-electron chi connectivity index (χ4n) is 1.87. The molecule has 2 N–H and O–H groups in total. The molecular weight excluding hydrogens is 370 g/mol. The van der Waals surface area contributed by atoms with E-state index < -0.39 is 0 Å². The Morgan fingerprint density at radius 1 is 1.05 bits per heavy atom. The van der Waals surface area contributed by atoms with Gasteiger partial charge in [-0.05, 0) is 75.0 Å². The molecule has 100 valence electrons. The quantitative estimate of drug-likeness (QED) is 0.767. The van der Waals surface area contributed by atoms with Gasteiger partial charge in [-0.2, -0.15) is 0 Å². The van der Waals surface area contributed by atoms with E-state index in [1.165, 1.54) is 5.56 Å². The second kappa shape index (κ2) is 5.97. The van der Waals surface area contributed by atoms with Crippen LogP contribution in [0.4, 0.5) is 5.69 Å². The first kappa shape index (κ1) is 14.4. The molecule has 0 saturated heterocycles. The molecule has 0 aromatic heterocycles. The fourth-order valence-corrected chi connectivity index (χ4v) is 2.55. The average Bonchev–Trinajstić information content (AvgIpc) is 2.39. The third-order valence-electron chi connectivity index (χ3n) is 3.10. The number of anilines is 1. The molecule has 0 spiro atoms. The number of aryl methyl sites for hydroxylation is 1. The van der Waals surface area contributed by atoms with E-state index in [0.717, 1.165) is 32.3 Å². The highest BCUT2D eigenvalue weighted by atomic mass is 79.9. The minimum Gasteiger partial charge on any atom is -0.507 e. The first-order chi connectivity index (χ1) is 8.99. The van der Waals surface area contributed by atoms with Gasteiger partial charge in [0.1, 0.15) is 5.75 Å². The summed E-state index contributed by atoms with van der Waals surface area (Å²) < 4.78 is 2.08. The predicted molar refractivity (Wildman–Crippen MR) is 86.7 cm³/mol. The third-order valence-corrected chi connectivity index (χ3v) is 4.98. The molecule has 19 heavy (non-hydrogen) atoms. The molecule has 0 aliphatic carbocycles. The highest BCUT2D eigenvalue weighted by Crippen LogP contribution is 2.29. The van der Waals surface area contributed by atoms with Crippen LogP contribution in [0.15, 0.2) is 39.3 Å². The molecule has 0 amide bonds. The van der Waals surface area contributed by atoms with Crippen LogP contribution in [0.25, 0.3) is 0 Å². The summed E-state index contributed by atoms with van der Waals surface area (Å²) in [7, 11) is 0. The molecule has 0 fully saturated rings. The highest BCUT2D eigenvalue weighted by Gasteiger charge is 2.06. The number of phenolic OH excluding ortho intramolecular Hbond substituents is 1. The van der Waals surface area contributed by atoms with Gasteiger partial charge in [-0.25, -0.2) is 0 Å². The van der Waals surface area contributed by atoms with Crippen LogP contribution in [0.1, 0.15) is 16.7 Å². The monoisotopic (exact) mass is 383 g/mol. The Balaban J connectivity index is 2.14. The summed E-state index contributed by atoms with van der Waals surface area (Å²) in [4.78, 5) is 0. The molecule has 2 aromatic carbocycles. The molecule has 0 bridgehead atoms. The largest absolute Gasteiger partial charge is 0.507 e. The van der Waals surface area contributed by atoms with Crippen molar-refractivity contribution in [3.8, 4) is 5.75 Å². The van der Waals surface area contributed by atoms with Gasteiger partial charge in [-0.15, -0.1) is 0 Å². The maximum atomic E-state index is 9.91. The van der Waals surface area contributed by atoms with E-state index in [2.05, 4.69) is 49.3 Å². The van der Waals surface area contributed by atoms with Crippen LogP contribution in [0.2, 0.25) is 0 Å². The molecule has 4 heteroatoms. The molecule has 0 radical (unpaired) electrons. The molecule has 0 aliphatic heterocycles. The van der Waals surface area contributed by atoms with Crippen LogP contribution >= 0.6 is 31.9 Å². The Bertz CT molecular complexity index is 611.